The first-order valence-corrected chi connectivity index (χ1v) is 17.6. The Hall–Kier alpha value is -6.64. The van der Waals surface area contributed by atoms with Gasteiger partial charge in [-0.2, -0.15) is 0 Å². The first kappa shape index (κ1) is 29.3. The summed E-state index contributed by atoms with van der Waals surface area (Å²) in [5, 5.41) is 2.51. The maximum Gasteiger partial charge on any atom is 0.0734 e. The van der Waals surface area contributed by atoms with E-state index in [0.29, 0.717) is 0 Å². The third-order valence-electron chi connectivity index (χ3n) is 10.6. The van der Waals surface area contributed by atoms with Gasteiger partial charge in [-0.15, -0.1) is 0 Å². The lowest BCUT2D eigenvalue weighted by atomic mass is 9.67. The number of para-hydroxylation sites is 3. The fraction of sp³-hybridized carbons (Fsp3) is 0.0204. The minimum Gasteiger partial charge on any atom is -0.311 e. The molecular weight excluding hydrogens is 617 g/mol. The highest BCUT2D eigenvalue weighted by Crippen LogP contribution is 2.59. The van der Waals surface area contributed by atoms with Crippen molar-refractivity contribution in [1.29, 1.82) is 0 Å². The highest BCUT2D eigenvalue weighted by molar-refractivity contribution is 6.14. The third-order valence-corrected chi connectivity index (χ3v) is 10.6. The van der Waals surface area contributed by atoms with Crippen LogP contribution in [0.5, 0.6) is 0 Å². The van der Waals surface area contributed by atoms with Gasteiger partial charge in [0, 0.05) is 39.1 Å². The lowest BCUT2D eigenvalue weighted by Gasteiger charge is -2.34. The molecule has 240 valence electrons. The van der Waals surface area contributed by atoms with Crippen LogP contribution in [0.2, 0.25) is 0 Å². The van der Waals surface area contributed by atoms with Crippen LogP contribution < -0.4 is 4.90 Å². The standard InChI is InChI=1S/C49H34N2/c1-5-17-35(18-6-1)49(36-19-7-2-8-20-36)45-27-15-13-25-41(45)43-33-34-44-42-26-14-16-28-46(42)51(48(44)47(43)49)40-31-29-39(30-32-40)50(37-21-9-3-10-22-37)38-23-11-4-12-24-38/h1-34H. The summed E-state index contributed by atoms with van der Waals surface area (Å²) >= 11 is 0. The van der Waals surface area contributed by atoms with E-state index < -0.39 is 5.41 Å². The molecule has 0 spiro atoms. The Bertz CT molecular complexity index is 2580. The van der Waals surface area contributed by atoms with Gasteiger partial charge in [-0.3, -0.25) is 0 Å². The van der Waals surface area contributed by atoms with Gasteiger partial charge >= 0.3 is 0 Å². The molecule has 0 fully saturated rings. The van der Waals surface area contributed by atoms with E-state index >= 15 is 0 Å². The fourth-order valence-electron chi connectivity index (χ4n) is 8.60. The number of anilines is 3. The highest BCUT2D eigenvalue weighted by atomic mass is 15.1. The van der Waals surface area contributed by atoms with Crippen molar-refractivity contribution >= 4 is 38.9 Å². The molecule has 0 unspecified atom stereocenters. The van der Waals surface area contributed by atoms with E-state index in [1.165, 1.54) is 55.2 Å². The zero-order valence-electron chi connectivity index (χ0n) is 28.0. The van der Waals surface area contributed by atoms with Crippen molar-refractivity contribution in [1.82, 2.24) is 4.57 Å². The van der Waals surface area contributed by atoms with E-state index in [-0.39, 0.29) is 0 Å². The monoisotopic (exact) mass is 650 g/mol. The van der Waals surface area contributed by atoms with Crippen LogP contribution in [0.25, 0.3) is 38.6 Å². The lowest BCUT2D eigenvalue weighted by Crippen LogP contribution is -2.29. The van der Waals surface area contributed by atoms with E-state index in [2.05, 4.69) is 216 Å². The molecule has 0 N–H and O–H groups in total. The van der Waals surface area contributed by atoms with Crippen LogP contribution in [-0.4, -0.2) is 4.57 Å². The number of hydrogen-bond donors (Lipinski definition) is 0. The molecule has 10 rings (SSSR count). The van der Waals surface area contributed by atoms with Crippen LogP contribution in [0.1, 0.15) is 22.3 Å². The molecule has 1 aliphatic carbocycles. The van der Waals surface area contributed by atoms with E-state index in [1.807, 2.05) is 0 Å². The van der Waals surface area contributed by atoms with Crippen LogP contribution in [0.15, 0.2) is 206 Å². The quantitative estimate of drug-likeness (QED) is 0.174. The minimum atomic E-state index is -0.516. The second kappa shape index (κ2) is 11.8. The van der Waals surface area contributed by atoms with Gasteiger partial charge in [0.1, 0.15) is 0 Å². The molecule has 2 nitrogen and oxygen atoms in total. The zero-order chi connectivity index (χ0) is 33.8. The van der Waals surface area contributed by atoms with Crippen LogP contribution in [0.4, 0.5) is 17.1 Å². The molecule has 0 aliphatic heterocycles. The van der Waals surface area contributed by atoms with Crippen molar-refractivity contribution in [2.24, 2.45) is 0 Å². The molecule has 51 heavy (non-hydrogen) atoms. The van der Waals surface area contributed by atoms with Gasteiger partial charge in [0.15, 0.2) is 0 Å². The number of nitrogens with zero attached hydrogens (tertiary/aromatic N) is 2. The molecule has 1 aliphatic rings. The predicted molar refractivity (Wildman–Crippen MR) is 213 cm³/mol. The number of rotatable bonds is 6. The van der Waals surface area contributed by atoms with E-state index in [4.69, 9.17) is 0 Å². The number of fused-ring (bicyclic) bond motifs is 7. The summed E-state index contributed by atoms with van der Waals surface area (Å²) < 4.78 is 2.51. The van der Waals surface area contributed by atoms with Crippen molar-refractivity contribution in [2.75, 3.05) is 4.90 Å². The van der Waals surface area contributed by atoms with Crippen LogP contribution >= 0.6 is 0 Å². The normalized spacial score (nSPS) is 12.9. The molecular formula is C49H34N2. The van der Waals surface area contributed by atoms with Gasteiger partial charge in [-0.1, -0.05) is 152 Å². The molecule has 0 amide bonds. The van der Waals surface area contributed by atoms with Crippen molar-refractivity contribution < 1.29 is 0 Å². The van der Waals surface area contributed by atoms with Crippen molar-refractivity contribution in [3.05, 3.63) is 229 Å². The first-order valence-electron chi connectivity index (χ1n) is 17.6. The Morgan fingerprint density at radius 2 is 0.882 bits per heavy atom. The second-order valence-electron chi connectivity index (χ2n) is 13.3. The molecule has 1 heterocycles. The average Bonchev–Trinajstić information content (AvgIpc) is 3.71. The highest BCUT2D eigenvalue weighted by Gasteiger charge is 2.48. The summed E-state index contributed by atoms with van der Waals surface area (Å²) in [6, 6.07) is 75.1. The molecule has 0 saturated heterocycles. The second-order valence-corrected chi connectivity index (χ2v) is 13.3. The molecule has 9 aromatic rings. The summed E-state index contributed by atoms with van der Waals surface area (Å²) in [5.74, 6) is 0. The Morgan fingerprint density at radius 1 is 0.373 bits per heavy atom. The van der Waals surface area contributed by atoms with E-state index in [1.54, 1.807) is 0 Å². The summed E-state index contributed by atoms with van der Waals surface area (Å²) in [6.45, 7) is 0. The topological polar surface area (TPSA) is 8.17 Å². The van der Waals surface area contributed by atoms with Gasteiger partial charge in [-0.05, 0) is 82.4 Å². The van der Waals surface area contributed by atoms with Gasteiger partial charge < -0.3 is 9.47 Å². The summed E-state index contributed by atoms with van der Waals surface area (Å²) in [4.78, 5) is 2.32. The lowest BCUT2D eigenvalue weighted by molar-refractivity contribution is 0.772. The van der Waals surface area contributed by atoms with E-state index in [9.17, 15) is 0 Å². The van der Waals surface area contributed by atoms with Gasteiger partial charge in [0.2, 0.25) is 0 Å². The molecule has 2 heteroatoms. The molecule has 1 aromatic heterocycles. The molecule has 0 saturated carbocycles. The largest absolute Gasteiger partial charge is 0.311 e. The summed E-state index contributed by atoms with van der Waals surface area (Å²) in [5.41, 5.74) is 14.2. The van der Waals surface area contributed by atoms with Crippen LogP contribution in [-0.2, 0) is 5.41 Å². The molecule has 0 radical (unpaired) electrons. The number of benzene rings is 8. The number of aromatic nitrogens is 1. The summed E-state index contributed by atoms with van der Waals surface area (Å²) in [6.07, 6.45) is 0. The Labute approximate surface area is 298 Å². The smallest absolute Gasteiger partial charge is 0.0734 e. The Morgan fingerprint density at radius 3 is 1.51 bits per heavy atom. The van der Waals surface area contributed by atoms with Crippen LogP contribution in [0, 0.1) is 0 Å². The fourth-order valence-corrected chi connectivity index (χ4v) is 8.60. The zero-order valence-corrected chi connectivity index (χ0v) is 28.0. The summed E-state index contributed by atoms with van der Waals surface area (Å²) in [7, 11) is 0. The van der Waals surface area contributed by atoms with Crippen molar-refractivity contribution in [3.63, 3.8) is 0 Å². The van der Waals surface area contributed by atoms with Crippen molar-refractivity contribution in [3.8, 4) is 16.8 Å². The molecule has 0 atom stereocenters. The van der Waals surface area contributed by atoms with Crippen molar-refractivity contribution in [2.45, 2.75) is 5.41 Å². The number of hydrogen-bond acceptors (Lipinski definition) is 1. The maximum atomic E-state index is 2.51. The molecule has 0 bridgehead atoms. The van der Waals surface area contributed by atoms with Gasteiger partial charge in [-0.25, -0.2) is 0 Å². The minimum absolute atomic E-state index is 0.516. The van der Waals surface area contributed by atoms with Crippen LogP contribution in [0.3, 0.4) is 0 Å². The Balaban J connectivity index is 1.28. The first-order chi connectivity index (χ1) is 25.3. The average molecular weight is 651 g/mol. The van der Waals surface area contributed by atoms with E-state index in [0.717, 1.165) is 22.7 Å². The Kier molecular flexibility index (Phi) is 6.75. The van der Waals surface area contributed by atoms with Gasteiger partial charge in [0.25, 0.3) is 0 Å². The third kappa shape index (κ3) is 4.36. The SMILES string of the molecule is c1ccc(N(c2ccccc2)c2ccc(-n3c4ccccc4c4ccc5c(c43)C(c3ccccc3)(c3ccccc3)c3ccccc3-5)cc2)cc1. The molecule has 8 aromatic carbocycles. The van der Waals surface area contributed by atoms with Gasteiger partial charge in [0.05, 0.1) is 16.4 Å². The maximum absolute atomic E-state index is 2.51. The predicted octanol–water partition coefficient (Wildman–Crippen LogP) is 12.6.